The molecule has 1 heterocycles. The van der Waals surface area contributed by atoms with Crippen LogP contribution in [-0.4, -0.2) is 36.0 Å². The molecule has 2 atom stereocenters. The molecule has 2 aliphatic rings. The molecule has 1 aliphatic heterocycles. The van der Waals surface area contributed by atoms with Crippen LogP contribution in [0.5, 0.6) is 0 Å². The summed E-state index contributed by atoms with van der Waals surface area (Å²) in [5.74, 6) is 0.593. The van der Waals surface area contributed by atoms with Gasteiger partial charge in [-0.15, -0.1) is 0 Å². The largest absolute Gasteiger partial charge is 0.415 e. The molecule has 1 saturated heterocycles. The summed E-state index contributed by atoms with van der Waals surface area (Å²) in [6, 6.07) is 7.44. The zero-order valence-corrected chi connectivity index (χ0v) is 21.1. The van der Waals surface area contributed by atoms with Crippen LogP contribution >= 0.6 is 11.6 Å². The highest BCUT2D eigenvalue weighted by molar-refractivity contribution is 6.30. The highest BCUT2D eigenvalue weighted by Crippen LogP contribution is 2.48. The standard InChI is InChI=1S/C27H37ClN2O3/c1-5-23(29-25(32)33-22-11-9-7-6-8-10-12-22)24(31)30-18-17-27(4,26(2,3)19-30)20-13-15-21(28)16-14-20/h7,9,12-16,23H,5-6,8,10-11,17-19H2,1-4H3,(H,29,32)/b9-7-,22-12+. The van der Waals surface area contributed by atoms with E-state index < -0.39 is 12.1 Å². The van der Waals surface area contributed by atoms with E-state index in [0.717, 1.165) is 30.7 Å². The van der Waals surface area contributed by atoms with Gasteiger partial charge in [-0.3, -0.25) is 4.79 Å². The Balaban J connectivity index is 1.64. The van der Waals surface area contributed by atoms with E-state index in [9.17, 15) is 9.59 Å². The van der Waals surface area contributed by atoms with Gasteiger partial charge in [-0.1, -0.05) is 63.6 Å². The number of piperidine rings is 1. The molecule has 2 amide bonds. The third-order valence-corrected chi connectivity index (χ3v) is 7.66. The van der Waals surface area contributed by atoms with E-state index in [0.29, 0.717) is 31.7 Å². The lowest BCUT2D eigenvalue weighted by atomic mass is 9.59. The number of carbonyl (C=O) groups is 2. The van der Waals surface area contributed by atoms with Gasteiger partial charge < -0.3 is 15.0 Å². The van der Waals surface area contributed by atoms with Crippen LogP contribution in [0.15, 0.2) is 48.3 Å². The number of amides is 2. The van der Waals surface area contributed by atoms with E-state index in [1.807, 2.05) is 36.1 Å². The van der Waals surface area contributed by atoms with E-state index in [-0.39, 0.29) is 16.7 Å². The van der Waals surface area contributed by atoms with Crippen LogP contribution in [0, 0.1) is 5.41 Å². The Morgan fingerprint density at radius 3 is 2.55 bits per heavy atom. The van der Waals surface area contributed by atoms with Crippen LogP contribution in [0.1, 0.15) is 71.8 Å². The van der Waals surface area contributed by atoms with Crippen molar-refractivity contribution in [3.63, 3.8) is 0 Å². The van der Waals surface area contributed by atoms with E-state index in [2.05, 4.69) is 44.3 Å². The first-order valence-corrected chi connectivity index (χ1v) is 12.4. The van der Waals surface area contributed by atoms with Crippen molar-refractivity contribution in [1.29, 1.82) is 0 Å². The summed E-state index contributed by atoms with van der Waals surface area (Å²) in [6.45, 7) is 9.85. The molecule has 1 aromatic carbocycles. The molecule has 180 valence electrons. The molecule has 6 heteroatoms. The predicted octanol–water partition coefficient (Wildman–Crippen LogP) is 6.38. The number of benzene rings is 1. The molecule has 1 aliphatic carbocycles. The van der Waals surface area contributed by atoms with Crippen LogP contribution in [0.2, 0.25) is 5.02 Å². The quantitative estimate of drug-likeness (QED) is 0.506. The Morgan fingerprint density at radius 1 is 1.15 bits per heavy atom. The summed E-state index contributed by atoms with van der Waals surface area (Å²) in [5.41, 5.74) is 1.00. The van der Waals surface area contributed by atoms with Gasteiger partial charge in [0.2, 0.25) is 5.91 Å². The van der Waals surface area contributed by atoms with Crippen molar-refractivity contribution in [2.45, 2.75) is 77.7 Å². The van der Waals surface area contributed by atoms with Gasteiger partial charge in [-0.25, -0.2) is 4.79 Å². The zero-order chi connectivity index (χ0) is 24.1. The number of halogens is 1. The lowest BCUT2D eigenvalue weighted by Gasteiger charge is -2.52. The molecule has 2 unspecified atom stereocenters. The van der Waals surface area contributed by atoms with Crippen molar-refractivity contribution in [3.05, 3.63) is 58.8 Å². The maximum atomic E-state index is 13.3. The third kappa shape index (κ3) is 6.00. The summed E-state index contributed by atoms with van der Waals surface area (Å²) < 4.78 is 5.52. The first kappa shape index (κ1) is 25.4. The number of allylic oxidation sites excluding steroid dienone is 3. The van der Waals surface area contributed by atoms with Gasteiger partial charge in [0.05, 0.1) is 0 Å². The first-order chi connectivity index (χ1) is 15.7. The van der Waals surface area contributed by atoms with Gasteiger partial charge in [0.25, 0.3) is 0 Å². The zero-order valence-electron chi connectivity index (χ0n) is 20.3. The molecular weight excluding hydrogens is 436 g/mol. The second kappa shape index (κ2) is 10.8. The van der Waals surface area contributed by atoms with E-state index >= 15 is 0 Å². The fraction of sp³-hybridized carbons (Fsp3) is 0.556. The van der Waals surface area contributed by atoms with Crippen molar-refractivity contribution in [1.82, 2.24) is 10.2 Å². The predicted molar refractivity (Wildman–Crippen MR) is 133 cm³/mol. The van der Waals surface area contributed by atoms with Gasteiger partial charge in [-0.05, 0) is 61.3 Å². The molecule has 33 heavy (non-hydrogen) atoms. The van der Waals surface area contributed by atoms with Crippen molar-refractivity contribution in [2.24, 2.45) is 5.41 Å². The average Bonchev–Trinajstić information content (AvgIpc) is 2.75. The molecule has 1 fully saturated rings. The number of nitrogens with zero attached hydrogens (tertiary/aromatic N) is 1. The normalized spacial score (nSPS) is 26.2. The monoisotopic (exact) mass is 472 g/mol. The molecule has 3 rings (SSSR count). The minimum atomic E-state index is -0.599. The van der Waals surface area contributed by atoms with Gasteiger partial charge in [0, 0.05) is 29.9 Å². The van der Waals surface area contributed by atoms with Crippen molar-refractivity contribution in [2.75, 3.05) is 13.1 Å². The first-order valence-electron chi connectivity index (χ1n) is 12.0. The second-order valence-corrected chi connectivity index (χ2v) is 10.4. The minimum absolute atomic E-state index is 0.0489. The van der Waals surface area contributed by atoms with Gasteiger partial charge in [-0.2, -0.15) is 0 Å². The molecule has 5 nitrogen and oxygen atoms in total. The van der Waals surface area contributed by atoms with Crippen LogP contribution in [0.25, 0.3) is 0 Å². The number of likely N-dealkylation sites (tertiary alicyclic amines) is 1. The number of alkyl carbamates (subject to hydrolysis) is 1. The lowest BCUT2D eigenvalue weighted by Crippen LogP contribution is -2.58. The molecule has 1 N–H and O–H groups in total. The van der Waals surface area contributed by atoms with Crippen molar-refractivity contribution >= 4 is 23.6 Å². The number of carbonyl (C=O) groups excluding carboxylic acids is 2. The average molecular weight is 473 g/mol. The Labute approximate surface area is 203 Å². The number of rotatable bonds is 5. The topological polar surface area (TPSA) is 58.6 Å². The van der Waals surface area contributed by atoms with Crippen molar-refractivity contribution < 1.29 is 14.3 Å². The molecule has 0 radical (unpaired) electrons. The fourth-order valence-electron chi connectivity index (χ4n) is 4.80. The SMILES string of the molecule is CCC(NC(=O)O/C1=C/CCC/C=C\C1)C(=O)N1CCC(C)(c2ccc(Cl)cc2)C(C)(C)C1. The Kier molecular flexibility index (Phi) is 8.28. The smallest absolute Gasteiger partial charge is 0.412 e. The summed E-state index contributed by atoms with van der Waals surface area (Å²) in [4.78, 5) is 27.8. The van der Waals surface area contributed by atoms with Crippen LogP contribution in [0.3, 0.4) is 0 Å². The van der Waals surface area contributed by atoms with Crippen LogP contribution < -0.4 is 5.32 Å². The Bertz CT molecular complexity index is 906. The highest BCUT2D eigenvalue weighted by Gasteiger charge is 2.48. The van der Waals surface area contributed by atoms with Crippen molar-refractivity contribution in [3.8, 4) is 0 Å². The van der Waals surface area contributed by atoms with Gasteiger partial charge >= 0.3 is 6.09 Å². The highest BCUT2D eigenvalue weighted by atomic mass is 35.5. The van der Waals surface area contributed by atoms with E-state index in [1.165, 1.54) is 5.56 Å². The van der Waals surface area contributed by atoms with E-state index in [1.54, 1.807) is 0 Å². The lowest BCUT2D eigenvalue weighted by molar-refractivity contribution is -0.138. The molecule has 0 bridgehead atoms. The maximum Gasteiger partial charge on any atom is 0.412 e. The number of hydrogen-bond acceptors (Lipinski definition) is 3. The molecular formula is C27H37ClN2O3. The third-order valence-electron chi connectivity index (χ3n) is 7.41. The molecule has 0 spiro atoms. The Morgan fingerprint density at radius 2 is 1.88 bits per heavy atom. The van der Waals surface area contributed by atoms with Crippen LogP contribution in [0.4, 0.5) is 4.79 Å². The Hall–Kier alpha value is -2.27. The summed E-state index contributed by atoms with van der Waals surface area (Å²) in [5, 5.41) is 3.53. The number of nitrogens with one attached hydrogen (secondary N) is 1. The molecule has 0 aromatic heterocycles. The molecule has 1 aromatic rings. The number of hydrogen-bond donors (Lipinski definition) is 1. The fourth-order valence-corrected chi connectivity index (χ4v) is 4.93. The minimum Gasteiger partial charge on any atom is -0.415 e. The molecule has 0 saturated carbocycles. The number of ether oxygens (including phenoxy) is 1. The summed E-state index contributed by atoms with van der Waals surface area (Å²) in [6.07, 6.45) is 10.5. The van der Waals surface area contributed by atoms with Crippen LogP contribution in [-0.2, 0) is 14.9 Å². The van der Waals surface area contributed by atoms with Gasteiger partial charge in [0.15, 0.2) is 0 Å². The maximum absolute atomic E-state index is 13.3. The van der Waals surface area contributed by atoms with Gasteiger partial charge in [0.1, 0.15) is 11.8 Å². The summed E-state index contributed by atoms with van der Waals surface area (Å²) in [7, 11) is 0. The summed E-state index contributed by atoms with van der Waals surface area (Å²) >= 11 is 6.10. The van der Waals surface area contributed by atoms with E-state index in [4.69, 9.17) is 16.3 Å². The second-order valence-electron chi connectivity index (χ2n) is 10.0.